The van der Waals surface area contributed by atoms with Gasteiger partial charge in [0.1, 0.15) is 5.78 Å². The molecule has 1 aliphatic carbocycles. The molecule has 0 amide bonds. The summed E-state index contributed by atoms with van der Waals surface area (Å²) < 4.78 is 0. The van der Waals surface area contributed by atoms with Crippen molar-refractivity contribution in [2.45, 2.75) is 31.6 Å². The highest BCUT2D eigenvalue weighted by molar-refractivity contribution is 6.30. The lowest BCUT2D eigenvalue weighted by Crippen LogP contribution is -2.40. The Morgan fingerprint density at radius 1 is 1.29 bits per heavy atom. The first kappa shape index (κ1) is 9.72. The van der Waals surface area contributed by atoms with Gasteiger partial charge in [0.2, 0.25) is 0 Å². The van der Waals surface area contributed by atoms with Crippen molar-refractivity contribution in [3.8, 4) is 0 Å². The molecule has 0 unspecified atom stereocenters. The maximum Gasteiger partial charge on any atom is 0.140 e. The van der Waals surface area contributed by atoms with Crippen molar-refractivity contribution in [3.05, 3.63) is 34.9 Å². The summed E-state index contributed by atoms with van der Waals surface area (Å²) in [5.41, 5.74) is 0.936. The van der Waals surface area contributed by atoms with Gasteiger partial charge in [-0.1, -0.05) is 30.2 Å². The van der Waals surface area contributed by atoms with E-state index in [4.69, 9.17) is 11.6 Å². The summed E-state index contributed by atoms with van der Waals surface area (Å²) in [5, 5.41) is 0.728. The molecule has 74 valence electrons. The first-order chi connectivity index (χ1) is 6.65. The number of hydrogen-bond acceptors (Lipinski definition) is 1. The van der Waals surface area contributed by atoms with Crippen molar-refractivity contribution < 1.29 is 4.79 Å². The summed E-state index contributed by atoms with van der Waals surface area (Å²) in [4.78, 5) is 11.6. The van der Waals surface area contributed by atoms with E-state index in [1.807, 2.05) is 24.3 Å². The Kier molecular flexibility index (Phi) is 2.36. The maximum absolute atomic E-state index is 11.6. The first-order valence-electron chi connectivity index (χ1n) is 4.92. The summed E-state index contributed by atoms with van der Waals surface area (Å²) in [7, 11) is 0. The standard InChI is InChI=1S/C12H13ClO/c1-9(14)12(7-2-8-12)10-3-5-11(13)6-4-10/h3-6H,2,7-8H2,1H3. The lowest BCUT2D eigenvalue weighted by Gasteiger charge is -2.40. The van der Waals surface area contributed by atoms with Crippen LogP contribution in [0.15, 0.2) is 24.3 Å². The molecule has 0 spiro atoms. The van der Waals surface area contributed by atoms with E-state index in [2.05, 4.69) is 0 Å². The molecule has 0 atom stereocenters. The van der Waals surface area contributed by atoms with E-state index in [1.54, 1.807) is 6.92 Å². The van der Waals surface area contributed by atoms with Gasteiger partial charge in [0.15, 0.2) is 0 Å². The van der Waals surface area contributed by atoms with Crippen molar-refractivity contribution >= 4 is 17.4 Å². The Morgan fingerprint density at radius 3 is 2.21 bits per heavy atom. The van der Waals surface area contributed by atoms with Crippen LogP contribution in [0.25, 0.3) is 0 Å². The average Bonchev–Trinajstić information content (AvgIpc) is 2.05. The molecule has 0 heterocycles. The molecule has 14 heavy (non-hydrogen) atoms. The zero-order valence-corrected chi connectivity index (χ0v) is 8.97. The third-order valence-electron chi connectivity index (χ3n) is 3.28. The predicted molar refractivity (Wildman–Crippen MR) is 57.7 cm³/mol. The third kappa shape index (κ3) is 1.36. The van der Waals surface area contributed by atoms with Crippen LogP contribution in [0, 0.1) is 0 Å². The fourth-order valence-electron chi connectivity index (χ4n) is 2.14. The van der Waals surface area contributed by atoms with Crippen molar-refractivity contribution in [3.63, 3.8) is 0 Å². The minimum Gasteiger partial charge on any atom is -0.299 e. The van der Waals surface area contributed by atoms with E-state index < -0.39 is 0 Å². The van der Waals surface area contributed by atoms with Crippen LogP contribution in [0.5, 0.6) is 0 Å². The normalized spacial score (nSPS) is 18.7. The van der Waals surface area contributed by atoms with Gasteiger partial charge < -0.3 is 0 Å². The molecule has 0 saturated heterocycles. The minimum absolute atomic E-state index is 0.190. The van der Waals surface area contributed by atoms with Gasteiger partial charge in [-0.05, 0) is 37.5 Å². The molecule has 0 N–H and O–H groups in total. The van der Waals surface area contributed by atoms with Gasteiger partial charge in [-0.3, -0.25) is 4.79 Å². The van der Waals surface area contributed by atoms with Crippen LogP contribution in [0.2, 0.25) is 5.02 Å². The summed E-state index contributed by atoms with van der Waals surface area (Å²) in [6, 6.07) is 7.67. The Bertz CT molecular complexity index is 349. The van der Waals surface area contributed by atoms with E-state index in [9.17, 15) is 4.79 Å². The van der Waals surface area contributed by atoms with E-state index >= 15 is 0 Å². The predicted octanol–water partition coefficient (Wildman–Crippen LogP) is 3.35. The van der Waals surface area contributed by atoms with Gasteiger partial charge in [0.25, 0.3) is 0 Å². The van der Waals surface area contributed by atoms with Gasteiger partial charge in [-0.2, -0.15) is 0 Å². The molecule has 1 saturated carbocycles. The Morgan fingerprint density at radius 2 is 1.86 bits per heavy atom. The average molecular weight is 209 g/mol. The van der Waals surface area contributed by atoms with Crippen LogP contribution in [0.1, 0.15) is 31.7 Å². The van der Waals surface area contributed by atoms with E-state index in [0.29, 0.717) is 0 Å². The van der Waals surface area contributed by atoms with Crippen LogP contribution in [0.3, 0.4) is 0 Å². The smallest absolute Gasteiger partial charge is 0.140 e. The Hall–Kier alpha value is -0.820. The Labute approximate surface area is 89.1 Å². The van der Waals surface area contributed by atoms with E-state index in [1.165, 1.54) is 0 Å². The number of carbonyl (C=O) groups excluding carboxylic acids is 1. The number of benzene rings is 1. The molecule has 2 heteroatoms. The third-order valence-corrected chi connectivity index (χ3v) is 3.53. The topological polar surface area (TPSA) is 17.1 Å². The van der Waals surface area contributed by atoms with Crippen LogP contribution in [-0.2, 0) is 10.2 Å². The molecular weight excluding hydrogens is 196 g/mol. The van der Waals surface area contributed by atoms with Crippen molar-refractivity contribution in [1.82, 2.24) is 0 Å². The number of ketones is 1. The molecule has 0 radical (unpaired) electrons. The van der Waals surface area contributed by atoms with Crippen molar-refractivity contribution in [2.24, 2.45) is 0 Å². The summed E-state index contributed by atoms with van der Waals surface area (Å²) in [6.45, 7) is 1.69. The van der Waals surface area contributed by atoms with Crippen LogP contribution in [-0.4, -0.2) is 5.78 Å². The summed E-state index contributed by atoms with van der Waals surface area (Å²) in [5.74, 6) is 0.283. The van der Waals surface area contributed by atoms with Gasteiger partial charge in [0, 0.05) is 5.02 Å². The molecule has 1 nitrogen and oxygen atoms in total. The summed E-state index contributed by atoms with van der Waals surface area (Å²) in [6.07, 6.45) is 3.14. The number of carbonyl (C=O) groups is 1. The van der Waals surface area contributed by atoms with Crippen LogP contribution >= 0.6 is 11.6 Å². The molecule has 2 rings (SSSR count). The molecule has 0 bridgehead atoms. The minimum atomic E-state index is -0.190. The highest BCUT2D eigenvalue weighted by atomic mass is 35.5. The summed E-state index contributed by atoms with van der Waals surface area (Å²) >= 11 is 5.82. The van der Waals surface area contributed by atoms with Gasteiger partial charge >= 0.3 is 0 Å². The van der Waals surface area contributed by atoms with Crippen LogP contribution < -0.4 is 0 Å². The monoisotopic (exact) mass is 208 g/mol. The lowest BCUT2D eigenvalue weighted by molar-refractivity contribution is -0.125. The van der Waals surface area contributed by atoms with Crippen LogP contribution in [0.4, 0.5) is 0 Å². The van der Waals surface area contributed by atoms with Crippen molar-refractivity contribution in [1.29, 1.82) is 0 Å². The van der Waals surface area contributed by atoms with E-state index in [0.717, 1.165) is 29.8 Å². The fourth-order valence-corrected chi connectivity index (χ4v) is 2.27. The number of halogens is 1. The zero-order chi connectivity index (χ0) is 10.2. The van der Waals surface area contributed by atoms with Gasteiger partial charge in [-0.25, -0.2) is 0 Å². The van der Waals surface area contributed by atoms with Gasteiger partial charge in [-0.15, -0.1) is 0 Å². The molecular formula is C12H13ClO. The maximum atomic E-state index is 11.6. The van der Waals surface area contributed by atoms with E-state index in [-0.39, 0.29) is 11.2 Å². The molecule has 0 aromatic heterocycles. The quantitative estimate of drug-likeness (QED) is 0.729. The second-order valence-electron chi connectivity index (χ2n) is 4.00. The van der Waals surface area contributed by atoms with Crippen molar-refractivity contribution in [2.75, 3.05) is 0 Å². The molecule has 1 fully saturated rings. The SMILES string of the molecule is CC(=O)C1(c2ccc(Cl)cc2)CCC1. The molecule has 0 aliphatic heterocycles. The lowest BCUT2D eigenvalue weighted by atomic mass is 9.62. The molecule has 1 aromatic rings. The fraction of sp³-hybridized carbons (Fsp3) is 0.417. The first-order valence-corrected chi connectivity index (χ1v) is 5.30. The molecule has 1 aliphatic rings. The number of rotatable bonds is 2. The highest BCUT2D eigenvalue weighted by Crippen LogP contribution is 2.44. The Balaban J connectivity index is 2.37. The number of Topliss-reactive ketones (excluding diaryl/α,β-unsaturated/α-hetero) is 1. The second kappa shape index (κ2) is 3.39. The zero-order valence-electron chi connectivity index (χ0n) is 8.22. The second-order valence-corrected chi connectivity index (χ2v) is 4.44. The van der Waals surface area contributed by atoms with Gasteiger partial charge in [0.05, 0.1) is 5.41 Å². The largest absolute Gasteiger partial charge is 0.299 e. The molecule has 1 aromatic carbocycles. The highest BCUT2D eigenvalue weighted by Gasteiger charge is 2.42. The number of hydrogen-bond donors (Lipinski definition) is 0.